The van der Waals surface area contributed by atoms with Crippen LogP contribution < -0.4 is 4.90 Å². The highest BCUT2D eigenvalue weighted by Crippen LogP contribution is 2.16. The fraction of sp³-hybridized carbons (Fsp3) is 0.727. The van der Waals surface area contributed by atoms with Crippen LogP contribution in [0, 0.1) is 0 Å². The number of anilines is 1. The van der Waals surface area contributed by atoms with Crippen LogP contribution in [0.2, 0.25) is 0 Å². The Morgan fingerprint density at radius 3 is 1.52 bits per heavy atom. The summed E-state index contributed by atoms with van der Waals surface area (Å²) in [5, 5.41) is 0. The van der Waals surface area contributed by atoms with Gasteiger partial charge in [-0.1, -0.05) is 96.3 Å². The first-order valence-corrected chi connectivity index (χ1v) is 10.2. The Balaban J connectivity index is 2.21. The van der Waals surface area contributed by atoms with Crippen LogP contribution in [0.5, 0.6) is 0 Å². The monoisotopic (exact) mass is 317 g/mol. The normalized spacial score (nSPS) is 10.9. The minimum atomic E-state index is 1.22. The van der Waals surface area contributed by atoms with E-state index in [0.29, 0.717) is 0 Å². The van der Waals surface area contributed by atoms with E-state index in [9.17, 15) is 0 Å². The van der Waals surface area contributed by atoms with E-state index in [1.54, 1.807) is 0 Å². The van der Waals surface area contributed by atoms with Crippen LogP contribution in [-0.2, 0) is 0 Å². The number of unbranched alkanes of at least 4 members (excludes halogenated alkanes) is 10. The van der Waals surface area contributed by atoms with Crippen LogP contribution in [0.3, 0.4) is 0 Å². The van der Waals surface area contributed by atoms with Crippen molar-refractivity contribution < 1.29 is 0 Å². The van der Waals surface area contributed by atoms with E-state index >= 15 is 0 Å². The molecule has 1 rings (SSSR count). The van der Waals surface area contributed by atoms with Gasteiger partial charge in [-0.15, -0.1) is 0 Å². The molecule has 132 valence electrons. The number of rotatable bonds is 15. The molecule has 0 aliphatic carbocycles. The molecular formula is C22H39N. The van der Waals surface area contributed by atoms with Crippen LogP contribution in [0.4, 0.5) is 5.69 Å². The summed E-state index contributed by atoms with van der Waals surface area (Å²) in [4.78, 5) is 2.60. The van der Waals surface area contributed by atoms with E-state index in [4.69, 9.17) is 0 Å². The first-order chi connectivity index (χ1) is 11.4. The zero-order valence-electron chi connectivity index (χ0n) is 15.7. The summed E-state index contributed by atoms with van der Waals surface area (Å²) in [6.07, 6.45) is 16.6. The van der Waals surface area contributed by atoms with Gasteiger partial charge in [0.05, 0.1) is 0 Å². The first-order valence-electron chi connectivity index (χ1n) is 10.2. The quantitative estimate of drug-likeness (QED) is 0.309. The van der Waals surface area contributed by atoms with Gasteiger partial charge in [0.2, 0.25) is 0 Å². The maximum Gasteiger partial charge on any atom is 0.0366 e. The topological polar surface area (TPSA) is 3.24 Å². The van der Waals surface area contributed by atoms with Gasteiger partial charge in [-0.2, -0.15) is 0 Å². The van der Waals surface area contributed by atoms with E-state index in [-0.39, 0.29) is 0 Å². The average Bonchev–Trinajstić information content (AvgIpc) is 2.60. The highest BCUT2D eigenvalue weighted by atomic mass is 15.1. The number of para-hydroxylation sites is 1. The molecule has 0 N–H and O–H groups in total. The van der Waals surface area contributed by atoms with E-state index < -0.39 is 0 Å². The van der Waals surface area contributed by atoms with Crippen LogP contribution in [0.15, 0.2) is 30.3 Å². The molecule has 0 aliphatic heterocycles. The lowest BCUT2D eigenvalue weighted by Crippen LogP contribution is -2.25. The molecule has 0 fully saturated rings. The summed E-state index contributed by atoms with van der Waals surface area (Å²) in [7, 11) is 0. The second-order valence-corrected chi connectivity index (χ2v) is 6.86. The Morgan fingerprint density at radius 2 is 1.00 bits per heavy atom. The Hall–Kier alpha value is -0.980. The lowest BCUT2D eigenvalue weighted by molar-refractivity contribution is 0.565. The van der Waals surface area contributed by atoms with Gasteiger partial charge in [-0.3, -0.25) is 0 Å². The molecule has 0 saturated heterocycles. The average molecular weight is 318 g/mol. The van der Waals surface area contributed by atoms with Crippen LogP contribution >= 0.6 is 0 Å². The predicted molar refractivity (Wildman–Crippen MR) is 105 cm³/mol. The molecule has 0 amide bonds. The van der Waals surface area contributed by atoms with Gasteiger partial charge in [0, 0.05) is 18.8 Å². The van der Waals surface area contributed by atoms with Crippen molar-refractivity contribution in [3.63, 3.8) is 0 Å². The lowest BCUT2D eigenvalue weighted by atomic mass is 10.1. The second kappa shape index (κ2) is 14.6. The van der Waals surface area contributed by atoms with Crippen LogP contribution in [0.1, 0.15) is 90.9 Å². The Bertz CT molecular complexity index is 346. The molecule has 0 bridgehead atoms. The maximum atomic E-state index is 2.60. The maximum absolute atomic E-state index is 2.60. The Labute approximate surface area is 145 Å². The van der Waals surface area contributed by atoms with Crippen molar-refractivity contribution in [1.29, 1.82) is 0 Å². The van der Waals surface area contributed by atoms with Crippen molar-refractivity contribution in [2.24, 2.45) is 0 Å². The van der Waals surface area contributed by atoms with Gasteiger partial charge >= 0.3 is 0 Å². The molecule has 0 atom stereocenters. The third-order valence-electron chi connectivity index (χ3n) is 4.68. The number of nitrogens with zero attached hydrogens (tertiary/aromatic N) is 1. The standard InChI is InChI=1S/C22H39N/c1-3-5-7-9-10-11-12-17-21-23(20-16-8-6-4-2)22-18-14-13-15-19-22/h13-15,18-19H,3-12,16-17,20-21H2,1-2H3. The fourth-order valence-corrected chi connectivity index (χ4v) is 3.17. The summed E-state index contributed by atoms with van der Waals surface area (Å²) in [6.45, 7) is 7.03. The van der Waals surface area contributed by atoms with Crippen molar-refractivity contribution >= 4 is 5.69 Å². The van der Waals surface area contributed by atoms with Crippen molar-refractivity contribution in [2.75, 3.05) is 18.0 Å². The van der Waals surface area contributed by atoms with Crippen molar-refractivity contribution in [3.05, 3.63) is 30.3 Å². The summed E-state index contributed by atoms with van der Waals surface area (Å²) < 4.78 is 0. The zero-order chi connectivity index (χ0) is 16.6. The molecule has 0 aromatic heterocycles. The van der Waals surface area contributed by atoms with Crippen molar-refractivity contribution in [3.8, 4) is 0 Å². The molecule has 23 heavy (non-hydrogen) atoms. The van der Waals surface area contributed by atoms with E-state index in [0.717, 1.165) is 0 Å². The predicted octanol–water partition coefficient (Wildman–Crippen LogP) is 7.21. The van der Waals surface area contributed by atoms with Gasteiger partial charge in [-0.25, -0.2) is 0 Å². The van der Waals surface area contributed by atoms with E-state index in [1.807, 2.05) is 0 Å². The van der Waals surface area contributed by atoms with E-state index in [1.165, 1.54) is 95.8 Å². The first kappa shape index (κ1) is 20.1. The molecule has 1 aromatic rings. The molecular weight excluding hydrogens is 278 g/mol. The summed E-state index contributed by atoms with van der Waals surface area (Å²) >= 11 is 0. The summed E-state index contributed by atoms with van der Waals surface area (Å²) in [5.41, 5.74) is 1.41. The van der Waals surface area contributed by atoms with E-state index in [2.05, 4.69) is 49.1 Å². The molecule has 0 heterocycles. The van der Waals surface area contributed by atoms with Crippen LogP contribution in [0.25, 0.3) is 0 Å². The minimum Gasteiger partial charge on any atom is -0.372 e. The van der Waals surface area contributed by atoms with Gasteiger partial charge in [0.1, 0.15) is 0 Å². The van der Waals surface area contributed by atoms with Gasteiger partial charge < -0.3 is 4.90 Å². The molecule has 1 nitrogen and oxygen atoms in total. The highest BCUT2D eigenvalue weighted by Gasteiger charge is 2.05. The molecule has 1 heteroatoms. The summed E-state index contributed by atoms with van der Waals surface area (Å²) in [5.74, 6) is 0. The zero-order valence-corrected chi connectivity index (χ0v) is 15.7. The van der Waals surface area contributed by atoms with Crippen LogP contribution in [-0.4, -0.2) is 13.1 Å². The largest absolute Gasteiger partial charge is 0.372 e. The smallest absolute Gasteiger partial charge is 0.0366 e. The van der Waals surface area contributed by atoms with Crippen molar-refractivity contribution in [1.82, 2.24) is 0 Å². The molecule has 0 aliphatic rings. The minimum absolute atomic E-state index is 1.22. The number of hydrogen-bond acceptors (Lipinski definition) is 1. The Morgan fingerprint density at radius 1 is 0.565 bits per heavy atom. The molecule has 0 saturated carbocycles. The van der Waals surface area contributed by atoms with Gasteiger partial charge in [0.15, 0.2) is 0 Å². The highest BCUT2D eigenvalue weighted by molar-refractivity contribution is 5.45. The number of hydrogen-bond donors (Lipinski definition) is 0. The third-order valence-corrected chi connectivity index (χ3v) is 4.68. The second-order valence-electron chi connectivity index (χ2n) is 6.86. The lowest BCUT2D eigenvalue weighted by Gasteiger charge is -2.25. The molecule has 0 radical (unpaired) electrons. The third kappa shape index (κ3) is 10.4. The summed E-state index contributed by atoms with van der Waals surface area (Å²) in [6, 6.07) is 11.0. The fourth-order valence-electron chi connectivity index (χ4n) is 3.17. The Kier molecular flexibility index (Phi) is 12.7. The SMILES string of the molecule is CCCCCCCCCCN(CCCCCC)c1ccccc1. The van der Waals surface area contributed by atoms with Gasteiger partial charge in [0.25, 0.3) is 0 Å². The van der Waals surface area contributed by atoms with Gasteiger partial charge in [-0.05, 0) is 25.0 Å². The molecule has 1 aromatic carbocycles. The number of benzene rings is 1. The molecule has 0 unspecified atom stereocenters. The molecule has 0 spiro atoms. The van der Waals surface area contributed by atoms with Crippen molar-refractivity contribution in [2.45, 2.75) is 90.9 Å².